The molecule has 2 saturated heterocycles. The summed E-state index contributed by atoms with van der Waals surface area (Å²) in [7, 11) is 1.51. The molecule has 0 radical (unpaired) electrons. The van der Waals surface area contributed by atoms with Crippen molar-refractivity contribution in [1.29, 1.82) is 0 Å². The molecule has 2 aliphatic rings. The molecule has 2 aromatic rings. The normalized spacial score (nSPS) is 22.3. The number of aliphatic hydroxyl groups excluding tert-OH is 1. The zero-order valence-electron chi connectivity index (χ0n) is 17.4. The SMILES string of the molecule is COc1ccc(C(O)=C2C(=O)C(=O)N(C[C@H]3CCCO3)[C@H]2c2cccc([N+](=O)[O-])c2)cc1. The standard InChI is InChI=1S/C23H22N2O7/c1-31-17-9-7-14(8-10-17)21(26)19-20(15-4-2-5-16(12-15)25(29)30)24(23(28)22(19)27)13-18-6-3-11-32-18/h2,4-5,7-10,12,18,20,26H,3,6,11,13H2,1H3/t18-,20+/m1/s1. The van der Waals surface area contributed by atoms with E-state index in [4.69, 9.17) is 9.47 Å². The van der Waals surface area contributed by atoms with Crippen LogP contribution in [0.5, 0.6) is 5.75 Å². The third-order valence-electron chi connectivity index (χ3n) is 5.72. The molecule has 0 unspecified atom stereocenters. The molecule has 9 heteroatoms. The van der Waals surface area contributed by atoms with Crippen LogP contribution < -0.4 is 4.74 Å². The quantitative estimate of drug-likeness (QED) is 0.242. The number of ketones is 1. The molecule has 0 aromatic heterocycles. The molecule has 2 aromatic carbocycles. The summed E-state index contributed by atoms with van der Waals surface area (Å²) < 4.78 is 10.8. The van der Waals surface area contributed by atoms with Crippen LogP contribution in [0.4, 0.5) is 5.69 Å². The fraction of sp³-hybridized carbons (Fsp3) is 0.304. The number of ether oxygens (including phenoxy) is 2. The highest BCUT2D eigenvalue weighted by Crippen LogP contribution is 2.41. The molecular formula is C23H22N2O7. The third-order valence-corrected chi connectivity index (χ3v) is 5.72. The van der Waals surface area contributed by atoms with E-state index in [-0.39, 0.29) is 29.7 Å². The van der Waals surface area contributed by atoms with Gasteiger partial charge in [0.05, 0.1) is 29.8 Å². The summed E-state index contributed by atoms with van der Waals surface area (Å²) in [6.07, 6.45) is 1.35. The Morgan fingerprint density at radius 1 is 1.25 bits per heavy atom. The molecule has 166 valence electrons. The second kappa shape index (κ2) is 8.80. The predicted octanol–water partition coefficient (Wildman–Crippen LogP) is 3.20. The van der Waals surface area contributed by atoms with E-state index in [2.05, 4.69) is 0 Å². The molecule has 2 aliphatic heterocycles. The van der Waals surface area contributed by atoms with Crippen LogP contribution in [0.3, 0.4) is 0 Å². The number of nitro benzene ring substituents is 1. The fourth-order valence-corrected chi connectivity index (χ4v) is 4.14. The number of nitro groups is 1. The molecule has 2 atom stereocenters. The molecule has 9 nitrogen and oxygen atoms in total. The minimum atomic E-state index is -0.971. The van der Waals surface area contributed by atoms with Crippen molar-refractivity contribution in [1.82, 2.24) is 4.90 Å². The zero-order chi connectivity index (χ0) is 22.8. The molecule has 0 bridgehead atoms. The molecule has 2 heterocycles. The Kier molecular flexibility index (Phi) is 5.91. The van der Waals surface area contributed by atoms with Crippen LogP contribution in [0.15, 0.2) is 54.1 Å². The average Bonchev–Trinajstić information content (AvgIpc) is 3.41. The number of likely N-dealkylation sites (tertiary alicyclic amines) is 1. The van der Waals surface area contributed by atoms with Gasteiger partial charge in [-0.15, -0.1) is 0 Å². The second-order valence-electron chi connectivity index (χ2n) is 7.67. The molecule has 4 rings (SSSR count). The Labute approximate surface area is 184 Å². The van der Waals surface area contributed by atoms with Gasteiger partial charge in [-0.3, -0.25) is 19.7 Å². The van der Waals surface area contributed by atoms with Crippen LogP contribution in [0.1, 0.15) is 30.0 Å². The van der Waals surface area contributed by atoms with E-state index in [1.807, 2.05) is 0 Å². The number of carbonyl (C=O) groups excluding carboxylic acids is 2. The molecule has 0 saturated carbocycles. The Balaban J connectivity index is 1.83. The minimum absolute atomic E-state index is 0.112. The van der Waals surface area contributed by atoms with Crippen LogP contribution in [0, 0.1) is 10.1 Å². The summed E-state index contributed by atoms with van der Waals surface area (Å²) in [6.45, 7) is 0.721. The summed E-state index contributed by atoms with van der Waals surface area (Å²) in [5.74, 6) is -1.40. The van der Waals surface area contributed by atoms with Crippen LogP contribution in [0.2, 0.25) is 0 Å². The van der Waals surface area contributed by atoms with Crippen molar-refractivity contribution in [3.8, 4) is 5.75 Å². The number of carbonyl (C=O) groups is 2. The molecule has 0 aliphatic carbocycles. The lowest BCUT2D eigenvalue weighted by atomic mass is 9.95. The van der Waals surface area contributed by atoms with Crippen molar-refractivity contribution >= 4 is 23.1 Å². The molecule has 2 fully saturated rings. The van der Waals surface area contributed by atoms with E-state index in [0.717, 1.165) is 12.8 Å². The van der Waals surface area contributed by atoms with E-state index in [1.54, 1.807) is 30.3 Å². The number of non-ortho nitro benzene ring substituents is 1. The Hall–Kier alpha value is -3.72. The number of hydrogen-bond acceptors (Lipinski definition) is 7. The largest absolute Gasteiger partial charge is 0.507 e. The van der Waals surface area contributed by atoms with E-state index >= 15 is 0 Å². The monoisotopic (exact) mass is 438 g/mol. The number of methoxy groups -OCH3 is 1. The van der Waals surface area contributed by atoms with Gasteiger partial charge in [-0.05, 0) is 42.7 Å². The van der Waals surface area contributed by atoms with Gasteiger partial charge in [-0.25, -0.2) is 0 Å². The minimum Gasteiger partial charge on any atom is -0.507 e. The van der Waals surface area contributed by atoms with E-state index < -0.39 is 22.7 Å². The van der Waals surface area contributed by atoms with Gasteiger partial charge in [-0.1, -0.05) is 12.1 Å². The number of amides is 1. The maximum atomic E-state index is 13.0. The van der Waals surface area contributed by atoms with Gasteiger partial charge in [0.1, 0.15) is 11.5 Å². The van der Waals surface area contributed by atoms with Gasteiger partial charge in [0.15, 0.2) is 0 Å². The van der Waals surface area contributed by atoms with Crippen LogP contribution >= 0.6 is 0 Å². The first-order valence-corrected chi connectivity index (χ1v) is 10.2. The van der Waals surface area contributed by atoms with E-state index in [9.17, 15) is 24.8 Å². The lowest BCUT2D eigenvalue weighted by Gasteiger charge is -2.27. The summed E-state index contributed by atoms with van der Waals surface area (Å²) in [5.41, 5.74) is 0.413. The van der Waals surface area contributed by atoms with E-state index in [1.165, 1.54) is 30.2 Å². The number of nitrogens with zero attached hydrogens (tertiary/aromatic N) is 2. The number of benzene rings is 2. The lowest BCUT2D eigenvalue weighted by molar-refractivity contribution is -0.384. The Morgan fingerprint density at radius 2 is 2.00 bits per heavy atom. The molecule has 1 amide bonds. The molecular weight excluding hydrogens is 416 g/mol. The zero-order valence-corrected chi connectivity index (χ0v) is 17.4. The topological polar surface area (TPSA) is 119 Å². The summed E-state index contributed by atoms with van der Waals surface area (Å²) in [6, 6.07) is 11.2. The first kappa shape index (κ1) is 21.5. The predicted molar refractivity (Wildman–Crippen MR) is 114 cm³/mol. The third kappa shape index (κ3) is 3.94. The van der Waals surface area contributed by atoms with Crippen molar-refractivity contribution in [3.63, 3.8) is 0 Å². The van der Waals surface area contributed by atoms with Gasteiger partial charge < -0.3 is 19.5 Å². The molecule has 0 spiro atoms. The smallest absolute Gasteiger partial charge is 0.295 e. The number of hydrogen-bond donors (Lipinski definition) is 1. The van der Waals surface area contributed by atoms with Crippen molar-refractivity contribution in [2.75, 3.05) is 20.3 Å². The second-order valence-corrected chi connectivity index (χ2v) is 7.67. The van der Waals surface area contributed by atoms with E-state index in [0.29, 0.717) is 23.5 Å². The maximum absolute atomic E-state index is 13.0. The van der Waals surface area contributed by atoms with Gasteiger partial charge >= 0.3 is 0 Å². The summed E-state index contributed by atoms with van der Waals surface area (Å²) in [4.78, 5) is 38.1. The van der Waals surface area contributed by atoms with Crippen molar-refractivity contribution in [2.24, 2.45) is 0 Å². The lowest BCUT2D eigenvalue weighted by Crippen LogP contribution is -2.36. The van der Waals surface area contributed by atoms with Crippen molar-refractivity contribution in [2.45, 2.75) is 25.0 Å². The first-order valence-electron chi connectivity index (χ1n) is 10.2. The highest BCUT2D eigenvalue weighted by atomic mass is 16.6. The highest BCUT2D eigenvalue weighted by Gasteiger charge is 2.47. The molecule has 1 N–H and O–H groups in total. The number of rotatable bonds is 6. The summed E-state index contributed by atoms with van der Waals surface area (Å²) in [5, 5.41) is 22.4. The van der Waals surface area contributed by atoms with Gasteiger partial charge in [0, 0.05) is 30.8 Å². The number of Topliss-reactive ketones (excluding diaryl/α,β-unsaturated/α-hetero) is 1. The maximum Gasteiger partial charge on any atom is 0.295 e. The van der Waals surface area contributed by atoms with Crippen molar-refractivity contribution in [3.05, 3.63) is 75.3 Å². The van der Waals surface area contributed by atoms with Gasteiger partial charge in [0.25, 0.3) is 17.4 Å². The fourth-order valence-electron chi connectivity index (χ4n) is 4.14. The van der Waals surface area contributed by atoms with Crippen molar-refractivity contribution < 1.29 is 29.1 Å². The summed E-state index contributed by atoms with van der Waals surface area (Å²) >= 11 is 0. The van der Waals surface area contributed by atoms with Gasteiger partial charge in [-0.2, -0.15) is 0 Å². The molecule has 32 heavy (non-hydrogen) atoms. The Morgan fingerprint density at radius 3 is 2.62 bits per heavy atom. The highest BCUT2D eigenvalue weighted by molar-refractivity contribution is 6.46. The van der Waals surface area contributed by atoms with Crippen LogP contribution in [-0.4, -0.2) is 53.0 Å². The Bertz CT molecular complexity index is 1090. The van der Waals surface area contributed by atoms with Gasteiger partial charge in [0.2, 0.25) is 0 Å². The number of aliphatic hydroxyl groups is 1. The van der Waals surface area contributed by atoms with Crippen LogP contribution in [-0.2, 0) is 14.3 Å². The van der Waals surface area contributed by atoms with Crippen LogP contribution in [0.25, 0.3) is 5.76 Å². The average molecular weight is 438 g/mol. The first-order chi connectivity index (χ1) is 15.4.